The van der Waals surface area contributed by atoms with Crippen molar-refractivity contribution in [2.24, 2.45) is 0 Å². The molecule has 1 saturated heterocycles. The molecular weight excluding hydrogens is 791 g/mol. The van der Waals surface area contributed by atoms with Crippen LogP contribution in [-0.4, -0.2) is 42.9 Å². The molecule has 11 rings (SSSR count). The Morgan fingerprint density at radius 1 is 0.516 bits per heavy atom. The summed E-state index contributed by atoms with van der Waals surface area (Å²) in [4.78, 5) is 34.4. The highest BCUT2D eigenvalue weighted by Crippen LogP contribution is 2.38. The molecule has 0 atom stereocenters. The second-order valence-electron chi connectivity index (χ2n) is 15.1. The smallest absolute Gasteiger partial charge is 0.256 e. The predicted octanol–water partition coefficient (Wildman–Crippen LogP) is 12.4. The molecule has 322 valence electrons. The second kappa shape index (κ2) is 23.1. The van der Waals surface area contributed by atoms with Crippen molar-refractivity contribution in [3.63, 3.8) is 0 Å². The van der Waals surface area contributed by atoms with Gasteiger partial charge in [0.15, 0.2) is 6.29 Å². The summed E-state index contributed by atoms with van der Waals surface area (Å²) in [6.45, 7) is 4.43. The maximum atomic E-state index is 12.6. The van der Waals surface area contributed by atoms with Gasteiger partial charge >= 0.3 is 0 Å². The van der Waals surface area contributed by atoms with Crippen molar-refractivity contribution in [1.29, 1.82) is 0 Å². The Hall–Kier alpha value is -7.45. The van der Waals surface area contributed by atoms with Gasteiger partial charge in [0.2, 0.25) is 5.91 Å². The number of hydrogen-bond donors (Lipinski definition) is 4. The number of amides is 2. The zero-order valence-corrected chi connectivity index (χ0v) is 35.4. The molecule has 4 N–H and O–H groups in total. The Balaban J connectivity index is 0.000000156. The molecule has 64 heavy (non-hydrogen) atoms. The first kappa shape index (κ1) is 46.1. The number of aliphatic hydroxyl groups excluding tert-OH is 1. The number of aliphatic hydroxyl groups is 1. The van der Waals surface area contributed by atoms with Gasteiger partial charge in [-0.1, -0.05) is 165 Å². The van der Waals surface area contributed by atoms with Crippen LogP contribution in [0.3, 0.4) is 0 Å². The molecule has 4 aliphatic carbocycles. The number of carbonyl (C=O) groups is 3. The zero-order valence-electron chi connectivity index (χ0n) is 35.4. The predicted molar refractivity (Wildman–Crippen MR) is 266 cm³/mol. The molecule has 3 heterocycles. The van der Waals surface area contributed by atoms with Crippen LogP contribution in [0.25, 0.3) is 56.2 Å². The normalized spacial score (nSPS) is 13.4. The lowest BCUT2D eigenvalue weighted by Crippen LogP contribution is -2.03. The minimum atomic E-state index is -0.0510. The van der Waals surface area contributed by atoms with E-state index in [2.05, 4.69) is 82.7 Å². The van der Waals surface area contributed by atoms with Crippen LogP contribution in [0.5, 0.6) is 0 Å². The van der Waals surface area contributed by atoms with Gasteiger partial charge in [-0.2, -0.15) is 0 Å². The molecule has 4 aromatic rings. The highest BCUT2D eigenvalue weighted by Gasteiger charge is 2.25. The SMILES string of the molecule is C.C1CCNC1.CCO.O=C1Cc2cc(-c3ccccc3)ccc2N1.O=C1Nc2ccc(-c3ccccc3)cc2/C1=C/c1ccc2cccccc1-2.O=Cc1ccc2cccccc1-2. The minimum Gasteiger partial charge on any atom is -0.397 e. The molecular formula is C57H55N3O4. The minimum absolute atomic E-state index is 0. The average molecular weight is 846 g/mol. The van der Waals surface area contributed by atoms with Gasteiger partial charge in [-0.3, -0.25) is 14.4 Å². The summed E-state index contributed by atoms with van der Waals surface area (Å²) >= 11 is 0. The van der Waals surface area contributed by atoms with Gasteiger partial charge in [0.1, 0.15) is 0 Å². The van der Waals surface area contributed by atoms with Crippen molar-refractivity contribution in [1.82, 2.24) is 5.32 Å². The first-order valence-corrected chi connectivity index (χ1v) is 21.4. The van der Waals surface area contributed by atoms with Crippen molar-refractivity contribution >= 4 is 41.1 Å². The van der Waals surface area contributed by atoms with E-state index < -0.39 is 0 Å². The Morgan fingerprint density at radius 2 is 0.984 bits per heavy atom. The zero-order chi connectivity index (χ0) is 43.8. The monoisotopic (exact) mass is 845 g/mol. The summed E-state index contributed by atoms with van der Waals surface area (Å²) in [5.41, 5.74) is 15.4. The lowest BCUT2D eigenvalue weighted by molar-refractivity contribution is -0.115. The van der Waals surface area contributed by atoms with E-state index in [4.69, 9.17) is 5.11 Å². The molecule has 7 nitrogen and oxygen atoms in total. The molecule has 0 bridgehead atoms. The topological polar surface area (TPSA) is 108 Å². The molecule has 0 unspecified atom stereocenters. The fourth-order valence-electron chi connectivity index (χ4n) is 7.67. The fourth-order valence-corrected chi connectivity index (χ4v) is 7.67. The summed E-state index contributed by atoms with van der Waals surface area (Å²) in [5, 5.41) is 16.6. The molecule has 4 aromatic carbocycles. The van der Waals surface area contributed by atoms with Crippen LogP contribution in [0.15, 0.2) is 182 Å². The molecule has 0 aromatic heterocycles. The Morgan fingerprint density at radius 3 is 1.52 bits per heavy atom. The fraction of sp³-hybridized carbons (Fsp3) is 0.140. The highest BCUT2D eigenvalue weighted by atomic mass is 16.2. The third-order valence-corrected chi connectivity index (χ3v) is 10.8. The van der Waals surface area contributed by atoms with Gasteiger partial charge < -0.3 is 21.1 Å². The Bertz CT molecular complexity index is 2730. The number of aldehydes is 1. The quantitative estimate of drug-likeness (QED) is 0.104. The lowest BCUT2D eigenvalue weighted by atomic mass is 9.98. The van der Waals surface area contributed by atoms with Crippen LogP contribution in [0.2, 0.25) is 0 Å². The maximum Gasteiger partial charge on any atom is 0.256 e. The number of hydrogen-bond acceptors (Lipinski definition) is 5. The van der Waals surface area contributed by atoms with E-state index in [0.717, 1.165) is 73.3 Å². The van der Waals surface area contributed by atoms with Crippen LogP contribution < -0.4 is 16.0 Å². The van der Waals surface area contributed by atoms with Crippen molar-refractivity contribution in [2.75, 3.05) is 30.3 Å². The third kappa shape index (κ3) is 11.7. The van der Waals surface area contributed by atoms with Crippen LogP contribution in [0, 0.1) is 0 Å². The van der Waals surface area contributed by atoms with Gasteiger partial charge in [-0.05, 0) is 119 Å². The van der Waals surface area contributed by atoms with Gasteiger partial charge in [0.05, 0.1) is 6.42 Å². The standard InChI is InChI=1S/C25H17NO.C14H11NO.C11H8O.C4H9N.C2H6O.CH4/c27-25-23(16-20-12-11-18-9-5-2-6-10-21(18)20)22-15-19(13-14-24(22)26-25)17-7-3-1-4-8-17;16-14-9-12-8-11(6-7-13(12)15-14)10-4-2-1-3-5-10;12-8-10-7-6-9-4-2-1-3-5-11(9)10;1-2-4-5-3-1;1-2-3;/h1-16H,(H,26,27);1-8H,9H2,(H,15,16);1-8H;5H,1-4H2;3H,2H2,1H3;1H4/b23-16-;;;;;. The molecule has 7 heteroatoms. The summed E-state index contributed by atoms with van der Waals surface area (Å²) in [7, 11) is 0. The maximum absolute atomic E-state index is 12.6. The van der Waals surface area contributed by atoms with E-state index in [-0.39, 0.29) is 25.8 Å². The molecule has 2 amide bonds. The number of fused-ring (bicyclic) bond motifs is 4. The average Bonchev–Trinajstić information content (AvgIpc) is 4.15. The molecule has 0 saturated carbocycles. The summed E-state index contributed by atoms with van der Waals surface area (Å²) in [6.07, 6.45) is 6.16. The van der Waals surface area contributed by atoms with E-state index in [1.54, 1.807) is 6.92 Å². The summed E-state index contributed by atoms with van der Waals surface area (Å²) < 4.78 is 0. The van der Waals surface area contributed by atoms with Crippen LogP contribution in [0.4, 0.5) is 11.4 Å². The first-order chi connectivity index (χ1) is 30.9. The van der Waals surface area contributed by atoms with Crippen LogP contribution in [0.1, 0.15) is 54.2 Å². The summed E-state index contributed by atoms with van der Waals surface area (Å²) in [5.74, 6) is 0.0325. The van der Waals surface area contributed by atoms with Gasteiger partial charge in [-0.25, -0.2) is 0 Å². The second-order valence-corrected chi connectivity index (χ2v) is 15.1. The molecule has 0 spiro atoms. The number of nitrogens with one attached hydrogen (secondary N) is 3. The number of anilines is 2. The summed E-state index contributed by atoms with van der Waals surface area (Å²) in [6, 6.07) is 60.7. The van der Waals surface area contributed by atoms with Gasteiger partial charge in [0, 0.05) is 34.7 Å². The number of rotatable bonds is 4. The van der Waals surface area contributed by atoms with Crippen molar-refractivity contribution < 1.29 is 19.5 Å². The number of carbonyl (C=O) groups excluding carboxylic acids is 3. The Kier molecular flexibility index (Phi) is 16.6. The molecule has 0 radical (unpaired) electrons. The van der Waals surface area contributed by atoms with Crippen molar-refractivity contribution in [3.05, 3.63) is 204 Å². The third-order valence-electron chi connectivity index (χ3n) is 10.8. The van der Waals surface area contributed by atoms with E-state index >= 15 is 0 Å². The van der Waals surface area contributed by atoms with Gasteiger partial charge in [0.25, 0.3) is 5.91 Å². The molecule has 3 aliphatic heterocycles. The molecule has 7 aliphatic rings. The van der Waals surface area contributed by atoms with Crippen molar-refractivity contribution in [2.45, 2.75) is 33.6 Å². The van der Waals surface area contributed by atoms with Gasteiger partial charge in [-0.15, -0.1) is 0 Å². The Labute approximate surface area is 377 Å². The largest absolute Gasteiger partial charge is 0.397 e. The first-order valence-electron chi connectivity index (χ1n) is 21.4. The van der Waals surface area contributed by atoms with Crippen LogP contribution >= 0.6 is 0 Å². The molecule has 1 fully saturated rings. The van der Waals surface area contributed by atoms with E-state index in [1.807, 2.05) is 121 Å². The van der Waals surface area contributed by atoms with Crippen molar-refractivity contribution in [3.8, 4) is 44.5 Å². The number of benzene rings is 4. The highest BCUT2D eigenvalue weighted by molar-refractivity contribution is 6.35. The van der Waals surface area contributed by atoms with E-state index in [9.17, 15) is 14.4 Å². The van der Waals surface area contributed by atoms with E-state index in [1.165, 1.54) is 37.1 Å². The lowest BCUT2D eigenvalue weighted by Gasteiger charge is -2.05. The van der Waals surface area contributed by atoms with Crippen LogP contribution in [-0.2, 0) is 16.0 Å². The van der Waals surface area contributed by atoms with E-state index in [0.29, 0.717) is 12.0 Å².